The van der Waals surface area contributed by atoms with Crippen molar-refractivity contribution in [2.45, 2.75) is 46.2 Å². The van der Waals surface area contributed by atoms with E-state index in [1.54, 1.807) is 0 Å². The molecule has 0 saturated carbocycles. The van der Waals surface area contributed by atoms with Gasteiger partial charge in [0.15, 0.2) is 0 Å². The van der Waals surface area contributed by atoms with Gasteiger partial charge in [-0.1, -0.05) is 33.8 Å². The molecule has 0 aromatic carbocycles. The number of hydrogen-bond acceptors (Lipinski definition) is 3. The molecule has 102 valence electrons. The van der Waals surface area contributed by atoms with Gasteiger partial charge in [-0.2, -0.15) is 0 Å². The van der Waals surface area contributed by atoms with Gasteiger partial charge in [-0.25, -0.2) is 0 Å². The second-order valence-corrected chi connectivity index (χ2v) is 6.28. The van der Waals surface area contributed by atoms with Crippen molar-refractivity contribution < 1.29 is 0 Å². The Hall–Kier alpha value is -0.930. The van der Waals surface area contributed by atoms with Crippen LogP contribution >= 0.6 is 0 Å². The van der Waals surface area contributed by atoms with E-state index in [-0.39, 0.29) is 17.5 Å². The second-order valence-electron chi connectivity index (χ2n) is 6.28. The lowest BCUT2D eigenvalue weighted by Gasteiger charge is -2.36. The zero-order valence-electron chi connectivity index (χ0n) is 12.4. The molecular weight excluding hydrogens is 222 g/mol. The van der Waals surface area contributed by atoms with E-state index < -0.39 is 0 Å². The molecule has 0 aliphatic heterocycles. The van der Waals surface area contributed by atoms with Crippen molar-refractivity contribution in [3.8, 4) is 0 Å². The third-order valence-corrected chi connectivity index (χ3v) is 3.10. The second kappa shape index (κ2) is 6.30. The van der Waals surface area contributed by atoms with Crippen molar-refractivity contribution in [3.63, 3.8) is 0 Å². The molecule has 1 rings (SSSR count). The molecule has 2 unspecified atom stereocenters. The highest BCUT2D eigenvalue weighted by Gasteiger charge is 2.26. The van der Waals surface area contributed by atoms with Crippen LogP contribution in [0.15, 0.2) is 24.5 Å². The van der Waals surface area contributed by atoms with Gasteiger partial charge in [0.2, 0.25) is 0 Å². The molecular formula is C15H27N3. The first-order chi connectivity index (χ1) is 8.35. The Bertz CT molecular complexity index is 343. The monoisotopic (exact) mass is 249 g/mol. The molecule has 18 heavy (non-hydrogen) atoms. The number of likely N-dealkylation sites (N-methyl/N-ethyl adjacent to an activating group) is 1. The number of aromatic nitrogens is 1. The molecule has 1 aromatic rings. The minimum Gasteiger partial charge on any atom is -0.326 e. The highest BCUT2D eigenvalue weighted by Crippen LogP contribution is 2.26. The van der Waals surface area contributed by atoms with E-state index in [2.05, 4.69) is 50.7 Å². The van der Waals surface area contributed by atoms with Crippen LogP contribution in [0.4, 0.5) is 0 Å². The quantitative estimate of drug-likeness (QED) is 0.872. The van der Waals surface area contributed by atoms with E-state index in [0.717, 1.165) is 13.0 Å². The Labute approximate surface area is 111 Å². The van der Waals surface area contributed by atoms with Crippen LogP contribution in [0.25, 0.3) is 0 Å². The van der Waals surface area contributed by atoms with Crippen LogP contribution in [0.5, 0.6) is 0 Å². The van der Waals surface area contributed by atoms with Gasteiger partial charge in [-0.3, -0.25) is 9.88 Å². The smallest absolute Gasteiger partial charge is 0.0511 e. The van der Waals surface area contributed by atoms with Gasteiger partial charge in [0.1, 0.15) is 0 Å². The van der Waals surface area contributed by atoms with Crippen molar-refractivity contribution in [2.75, 3.05) is 13.6 Å². The fraction of sp³-hybridized carbons (Fsp3) is 0.667. The normalized spacial score (nSPS) is 15.7. The van der Waals surface area contributed by atoms with E-state index in [0.29, 0.717) is 0 Å². The van der Waals surface area contributed by atoms with Crippen LogP contribution < -0.4 is 5.73 Å². The van der Waals surface area contributed by atoms with Crippen LogP contribution in [0.3, 0.4) is 0 Å². The Kier molecular flexibility index (Phi) is 5.29. The summed E-state index contributed by atoms with van der Waals surface area (Å²) in [6.07, 6.45) is 4.70. The van der Waals surface area contributed by atoms with Crippen molar-refractivity contribution in [1.29, 1.82) is 0 Å². The van der Waals surface area contributed by atoms with Gasteiger partial charge in [0.05, 0.1) is 6.04 Å². The number of pyridine rings is 1. The topological polar surface area (TPSA) is 42.1 Å². The minimum absolute atomic E-state index is 0.140. The van der Waals surface area contributed by atoms with Gasteiger partial charge in [-0.05, 0) is 30.5 Å². The van der Waals surface area contributed by atoms with Crippen LogP contribution in [-0.4, -0.2) is 29.5 Å². The first-order valence-electron chi connectivity index (χ1n) is 6.71. The molecule has 0 fully saturated rings. The molecule has 2 atom stereocenters. The van der Waals surface area contributed by atoms with E-state index in [1.807, 2.05) is 18.5 Å². The minimum atomic E-state index is 0.140. The number of nitrogens with two attached hydrogens (primary N) is 1. The van der Waals surface area contributed by atoms with Crippen LogP contribution in [0.2, 0.25) is 0 Å². The van der Waals surface area contributed by atoms with Crippen LogP contribution in [0.1, 0.15) is 45.7 Å². The summed E-state index contributed by atoms with van der Waals surface area (Å²) in [4.78, 5) is 6.57. The number of nitrogens with zero attached hydrogens (tertiary/aromatic N) is 2. The molecule has 1 heterocycles. The van der Waals surface area contributed by atoms with Crippen molar-refractivity contribution in [1.82, 2.24) is 9.88 Å². The van der Waals surface area contributed by atoms with Gasteiger partial charge < -0.3 is 5.73 Å². The van der Waals surface area contributed by atoms with Crippen molar-refractivity contribution in [2.24, 2.45) is 11.1 Å². The molecule has 0 aliphatic carbocycles. The highest BCUT2D eigenvalue weighted by atomic mass is 15.2. The molecule has 3 nitrogen and oxygen atoms in total. The molecule has 0 amide bonds. The van der Waals surface area contributed by atoms with E-state index in [9.17, 15) is 0 Å². The Morgan fingerprint density at radius 3 is 2.50 bits per heavy atom. The van der Waals surface area contributed by atoms with Crippen LogP contribution in [-0.2, 0) is 0 Å². The Morgan fingerprint density at radius 1 is 1.39 bits per heavy atom. The molecule has 1 aromatic heterocycles. The van der Waals surface area contributed by atoms with E-state index in [4.69, 9.17) is 5.73 Å². The van der Waals surface area contributed by atoms with Gasteiger partial charge in [-0.15, -0.1) is 0 Å². The number of hydrogen-bond donors (Lipinski definition) is 1. The standard InChI is InChI=1S/C15H27N3/c1-6-13(16)14(12-8-7-9-17-10-12)18(5)11-15(2,3)4/h7-10,13-14H,6,11,16H2,1-5H3. The maximum absolute atomic E-state index is 6.30. The fourth-order valence-corrected chi connectivity index (χ4v) is 2.45. The fourth-order valence-electron chi connectivity index (χ4n) is 2.45. The average Bonchev–Trinajstić information content (AvgIpc) is 2.28. The predicted molar refractivity (Wildman–Crippen MR) is 77.3 cm³/mol. The van der Waals surface area contributed by atoms with Crippen LogP contribution in [0, 0.1) is 5.41 Å². The summed E-state index contributed by atoms with van der Waals surface area (Å²) in [5, 5.41) is 0. The molecule has 0 spiro atoms. The maximum Gasteiger partial charge on any atom is 0.0511 e. The first kappa shape index (κ1) is 15.1. The maximum atomic E-state index is 6.30. The third-order valence-electron chi connectivity index (χ3n) is 3.10. The summed E-state index contributed by atoms with van der Waals surface area (Å²) < 4.78 is 0. The third kappa shape index (κ3) is 4.39. The van der Waals surface area contributed by atoms with Gasteiger partial charge in [0, 0.05) is 25.0 Å². The predicted octanol–water partition coefficient (Wildman–Crippen LogP) is 2.84. The lowest BCUT2D eigenvalue weighted by Crippen LogP contribution is -2.42. The lowest BCUT2D eigenvalue weighted by atomic mass is 9.92. The molecule has 0 bridgehead atoms. The Morgan fingerprint density at radius 2 is 2.06 bits per heavy atom. The first-order valence-corrected chi connectivity index (χ1v) is 6.71. The molecule has 0 saturated heterocycles. The SMILES string of the molecule is CCC(N)C(c1cccnc1)N(C)CC(C)(C)C. The number of rotatable bonds is 5. The summed E-state index contributed by atoms with van der Waals surface area (Å²) in [5.41, 5.74) is 7.77. The van der Waals surface area contributed by atoms with Crippen molar-refractivity contribution in [3.05, 3.63) is 30.1 Å². The molecule has 0 radical (unpaired) electrons. The summed E-state index contributed by atoms with van der Waals surface area (Å²) >= 11 is 0. The average molecular weight is 249 g/mol. The molecule has 3 heteroatoms. The zero-order chi connectivity index (χ0) is 13.8. The van der Waals surface area contributed by atoms with Gasteiger partial charge in [0.25, 0.3) is 0 Å². The summed E-state index contributed by atoms with van der Waals surface area (Å²) in [6, 6.07) is 4.48. The highest BCUT2D eigenvalue weighted by molar-refractivity contribution is 5.16. The summed E-state index contributed by atoms with van der Waals surface area (Å²) in [6.45, 7) is 9.91. The Balaban J connectivity index is 2.92. The molecule has 0 aliphatic rings. The van der Waals surface area contributed by atoms with Crippen molar-refractivity contribution >= 4 is 0 Å². The van der Waals surface area contributed by atoms with Gasteiger partial charge >= 0.3 is 0 Å². The summed E-state index contributed by atoms with van der Waals surface area (Å²) in [7, 11) is 2.15. The van der Waals surface area contributed by atoms with E-state index >= 15 is 0 Å². The van der Waals surface area contributed by atoms with E-state index in [1.165, 1.54) is 5.56 Å². The lowest BCUT2D eigenvalue weighted by molar-refractivity contribution is 0.151. The zero-order valence-corrected chi connectivity index (χ0v) is 12.4. The largest absolute Gasteiger partial charge is 0.326 e. The molecule has 2 N–H and O–H groups in total. The summed E-state index contributed by atoms with van der Waals surface area (Å²) in [5.74, 6) is 0.